The van der Waals surface area contributed by atoms with Gasteiger partial charge in [-0.15, -0.1) is 0 Å². The minimum Gasteiger partial charge on any atom is -0.377 e. The normalized spacial score (nSPS) is 22.6. The van der Waals surface area contributed by atoms with Gasteiger partial charge in [-0.1, -0.05) is 44.2 Å². The second kappa shape index (κ2) is 7.05. The average molecular weight is 290 g/mol. The van der Waals surface area contributed by atoms with Gasteiger partial charge in [0.05, 0.1) is 18.8 Å². The van der Waals surface area contributed by atoms with Crippen LogP contribution in [0.5, 0.6) is 0 Å². The van der Waals surface area contributed by atoms with Gasteiger partial charge in [-0.05, 0) is 25.3 Å². The molecule has 2 atom stereocenters. The van der Waals surface area contributed by atoms with Crippen molar-refractivity contribution in [3.05, 3.63) is 35.9 Å². The molecule has 116 valence electrons. The Morgan fingerprint density at radius 3 is 2.43 bits per heavy atom. The Morgan fingerprint density at radius 2 is 1.86 bits per heavy atom. The molecule has 1 saturated heterocycles. The summed E-state index contributed by atoms with van der Waals surface area (Å²) in [7, 11) is 0. The van der Waals surface area contributed by atoms with E-state index in [-0.39, 0.29) is 30.1 Å². The van der Waals surface area contributed by atoms with Crippen molar-refractivity contribution in [2.24, 2.45) is 5.92 Å². The van der Waals surface area contributed by atoms with Gasteiger partial charge >= 0.3 is 0 Å². The van der Waals surface area contributed by atoms with E-state index in [1.807, 2.05) is 36.9 Å². The molecule has 1 fully saturated rings. The number of hydrogen-bond acceptors (Lipinski definition) is 3. The minimum atomic E-state index is -0.116. The van der Waals surface area contributed by atoms with Crippen LogP contribution in [0.25, 0.3) is 0 Å². The van der Waals surface area contributed by atoms with E-state index in [0.29, 0.717) is 13.2 Å². The lowest BCUT2D eigenvalue weighted by atomic mass is 10.1. The van der Waals surface area contributed by atoms with Crippen LogP contribution in [0.15, 0.2) is 30.3 Å². The molecule has 1 aliphatic heterocycles. The Labute approximate surface area is 127 Å². The molecular formula is C17H26N2O2. The Bertz CT molecular complexity index is 459. The number of benzene rings is 1. The van der Waals surface area contributed by atoms with Gasteiger partial charge in [-0.3, -0.25) is 10.1 Å². The number of ether oxygens (including phenoxy) is 1. The molecule has 2 unspecified atom stereocenters. The van der Waals surface area contributed by atoms with Crippen molar-refractivity contribution >= 4 is 5.91 Å². The zero-order chi connectivity index (χ0) is 15.4. The van der Waals surface area contributed by atoms with E-state index in [2.05, 4.69) is 31.3 Å². The molecule has 1 amide bonds. The number of nitrogens with zero attached hydrogens (tertiary/aromatic N) is 1. The Balaban J connectivity index is 2.13. The first-order valence-electron chi connectivity index (χ1n) is 7.73. The fourth-order valence-corrected chi connectivity index (χ4v) is 2.65. The van der Waals surface area contributed by atoms with Crippen LogP contribution >= 0.6 is 0 Å². The van der Waals surface area contributed by atoms with Crippen molar-refractivity contribution < 1.29 is 9.53 Å². The zero-order valence-corrected chi connectivity index (χ0v) is 13.4. The molecule has 0 bridgehead atoms. The number of carbonyl (C=O) groups excluding carboxylic acids is 1. The fraction of sp³-hybridized carbons (Fsp3) is 0.588. The second-order valence-corrected chi connectivity index (χ2v) is 6.15. The van der Waals surface area contributed by atoms with Crippen LogP contribution in [-0.2, 0) is 9.53 Å². The SMILES string of the molecule is CC(C)OCCN1C(=O)C(C(C)C)NC1c1ccccc1. The number of rotatable bonds is 6. The maximum Gasteiger partial charge on any atom is 0.241 e. The molecule has 0 aliphatic carbocycles. The molecule has 4 nitrogen and oxygen atoms in total. The predicted molar refractivity (Wildman–Crippen MR) is 83.7 cm³/mol. The zero-order valence-electron chi connectivity index (χ0n) is 13.4. The third-order valence-corrected chi connectivity index (χ3v) is 3.76. The van der Waals surface area contributed by atoms with Crippen LogP contribution in [0.3, 0.4) is 0 Å². The fourth-order valence-electron chi connectivity index (χ4n) is 2.65. The average Bonchev–Trinajstić information content (AvgIpc) is 2.77. The summed E-state index contributed by atoms with van der Waals surface area (Å²) in [5.74, 6) is 0.450. The van der Waals surface area contributed by atoms with Crippen molar-refractivity contribution in [2.45, 2.75) is 46.0 Å². The summed E-state index contributed by atoms with van der Waals surface area (Å²) in [6.07, 6.45) is 0.133. The molecule has 1 aliphatic rings. The monoisotopic (exact) mass is 290 g/mol. The van der Waals surface area contributed by atoms with E-state index in [1.54, 1.807) is 0 Å². The molecule has 0 radical (unpaired) electrons. The summed E-state index contributed by atoms with van der Waals surface area (Å²) < 4.78 is 5.61. The van der Waals surface area contributed by atoms with Crippen molar-refractivity contribution in [3.8, 4) is 0 Å². The molecule has 0 spiro atoms. The van der Waals surface area contributed by atoms with E-state index in [1.165, 1.54) is 0 Å². The standard InChI is InChI=1S/C17H26N2O2/c1-12(2)15-17(20)19(10-11-21-13(3)4)16(18-15)14-8-6-5-7-9-14/h5-9,12-13,15-16,18H,10-11H2,1-4H3. The van der Waals surface area contributed by atoms with Crippen LogP contribution in [0.2, 0.25) is 0 Å². The molecule has 1 N–H and O–H groups in total. The summed E-state index contributed by atoms with van der Waals surface area (Å²) in [5, 5.41) is 3.47. The van der Waals surface area contributed by atoms with E-state index >= 15 is 0 Å². The van der Waals surface area contributed by atoms with Crippen molar-refractivity contribution in [2.75, 3.05) is 13.2 Å². The lowest BCUT2D eigenvalue weighted by Gasteiger charge is -2.25. The highest BCUT2D eigenvalue weighted by Crippen LogP contribution is 2.27. The number of carbonyl (C=O) groups is 1. The summed E-state index contributed by atoms with van der Waals surface area (Å²) >= 11 is 0. The van der Waals surface area contributed by atoms with Crippen LogP contribution in [0.1, 0.15) is 39.4 Å². The van der Waals surface area contributed by atoms with Crippen LogP contribution in [-0.4, -0.2) is 36.1 Å². The highest BCUT2D eigenvalue weighted by molar-refractivity contribution is 5.84. The van der Waals surface area contributed by atoms with Crippen LogP contribution in [0.4, 0.5) is 0 Å². The van der Waals surface area contributed by atoms with Gasteiger partial charge in [-0.2, -0.15) is 0 Å². The number of hydrogen-bond donors (Lipinski definition) is 1. The molecule has 1 aromatic carbocycles. The quantitative estimate of drug-likeness (QED) is 0.875. The molecule has 4 heteroatoms. The lowest BCUT2D eigenvalue weighted by Crippen LogP contribution is -2.36. The molecule has 1 aromatic rings. The predicted octanol–water partition coefficient (Wildman–Crippen LogP) is 2.57. The van der Waals surface area contributed by atoms with Gasteiger partial charge < -0.3 is 9.64 Å². The molecule has 21 heavy (non-hydrogen) atoms. The van der Waals surface area contributed by atoms with Gasteiger partial charge in [0.15, 0.2) is 0 Å². The Kier molecular flexibility index (Phi) is 5.37. The van der Waals surface area contributed by atoms with Crippen molar-refractivity contribution in [1.82, 2.24) is 10.2 Å². The topological polar surface area (TPSA) is 41.6 Å². The summed E-state index contributed by atoms with van der Waals surface area (Å²) in [4.78, 5) is 14.5. The Hall–Kier alpha value is -1.39. The summed E-state index contributed by atoms with van der Waals surface area (Å²) in [6.45, 7) is 9.36. The van der Waals surface area contributed by atoms with Gasteiger partial charge in [-0.25, -0.2) is 0 Å². The maximum absolute atomic E-state index is 12.6. The van der Waals surface area contributed by atoms with Gasteiger partial charge in [0.1, 0.15) is 6.17 Å². The van der Waals surface area contributed by atoms with E-state index < -0.39 is 0 Å². The number of amides is 1. The summed E-state index contributed by atoms with van der Waals surface area (Å²) in [6, 6.07) is 10.0. The van der Waals surface area contributed by atoms with Gasteiger partial charge in [0, 0.05) is 6.54 Å². The van der Waals surface area contributed by atoms with Crippen LogP contribution < -0.4 is 5.32 Å². The van der Waals surface area contributed by atoms with Gasteiger partial charge in [0.25, 0.3) is 0 Å². The first kappa shape index (κ1) is 16.0. The lowest BCUT2D eigenvalue weighted by molar-refractivity contribution is -0.131. The smallest absolute Gasteiger partial charge is 0.241 e. The number of nitrogens with one attached hydrogen (secondary N) is 1. The largest absolute Gasteiger partial charge is 0.377 e. The minimum absolute atomic E-state index is 0.0538. The maximum atomic E-state index is 12.6. The first-order valence-corrected chi connectivity index (χ1v) is 7.73. The Morgan fingerprint density at radius 1 is 1.19 bits per heavy atom. The van der Waals surface area contributed by atoms with Crippen LogP contribution in [0, 0.1) is 5.92 Å². The second-order valence-electron chi connectivity index (χ2n) is 6.15. The van der Waals surface area contributed by atoms with Crippen molar-refractivity contribution in [1.29, 1.82) is 0 Å². The molecule has 1 heterocycles. The molecular weight excluding hydrogens is 264 g/mol. The van der Waals surface area contributed by atoms with Crippen molar-refractivity contribution in [3.63, 3.8) is 0 Å². The third-order valence-electron chi connectivity index (χ3n) is 3.76. The highest BCUT2D eigenvalue weighted by Gasteiger charge is 2.40. The van der Waals surface area contributed by atoms with Gasteiger partial charge in [0.2, 0.25) is 5.91 Å². The molecule has 2 rings (SSSR count). The first-order chi connectivity index (χ1) is 10.0. The molecule has 0 saturated carbocycles. The third kappa shape index (κ3) is 3.83. The molecule has 0 aromatic heterocycles. The highest BCUT2D eigenvalue weighted by atomic mass is 16.5. The van der Waals surface area contributed by atoms with E-state index in [4.69, 9.17) is 4.74 Å². The summed E-state index contributed by atoms with van der Waals surface area (Å²) in [5.41, 5.74) is 1.12. The van der Waals surface area contributed by atoms with E-state index in [0.717, 1.165) is 5.56 Å². The van der Waals surface area contributed by atoms with E-state index in [9.17, 15) is 4.79 Å².